The number of carbonyl (C=O) groups excluding carboxylic acids is 1. The van der Waals surface area contributed by atoms with Crippen molar-refractivity contribution >= 4 is 13.8 Å². The molecule has 0 heterocycles. The van der Waals surface area contributed by atoms with Gasteiger partial charge in [0.2, 0.25) is 0 Å². The SMILES string of the molecule is CC/C=C\C/C=C\C/C=C\C/C=C\CCCCCCCCCCCCCOCC(COP(=O)(O)OCC(O)CO)OC(=O)CCCCCCC/C=C\CCCCCCCCC. The Morgan fingerprint density at radius 1 is 0.525 bits per heavy atom. The van der Waals surface area contributed by atoms with E-state index in [4.69, 9.17) is 23.6 Å². The molecule has 0 spiro atoms. The average Bonchev–Trinajstić information content (AvgIpc) is 3.25. The van der Waals surface area contributed by atoms with Crippen molar-refractivity contribution in [3.63, 3.8) is 0 Å². The van der Waals surface area contributed by atoms with E-state index in [-0.39, 0.29) is 19.6 Å². The lowest BCUT2D eigenvalue weighted by Crippen LogP contribution is -2.29. The van der Waals surface area contributed by atoms with Gasteiger partial charge < -0.3 is 24.6 Å². The van der Waals surface area contributed by atoms with Crippen LogP contribution in [-0.2, 0) is 27.9 Å². The van der Waals surface area contributed by atoms with Gasteiger partial charge in [-0.3, -0.25) is 13.8 Å². The van der Waals surface area contributed by atoms with Crippen molar-refractivity contribution < 1.29 is 43.0 Å². The first kappa shape index (κ1) is 59.2. The molecule has 0 saturated heterocycles. The summed E-state index contributed by atoms with van der Waals surface area (Å²) in [6, 6.07) is 0. The molecule has 0 radical (unpaired) electrons. The number of hydrogen-bond donors (Lipinski definition) is 3. The number of carbonyl (C=O) groups is 1. The maximum absolute atomic E-state index is 12.7. The summed E-state index contributed by atoms with van der Waals surface area (Å²) in [5.41, 5.74) is 0. The first-order chi connectivity index (χ1) is 29.8. The summed E-state index contributed by atoms with van der Waals surface area (Å²) in [7, 11) is -4.53. The molecule has 61 heavy (non-hydrogen) atoms. The molecule has 0 aliphatic carbocycles. The molecule has 9 nitrogen and oxygen atoms in total. The van der Waals surface area contributed by atoms with Crippen molar-refractivity contribution in [2.45, 2.75) is 225 Å². The highest BCUT2D eigenvalue weighted by Gasteiger charge is 2.26. The van der Waals surface area contributed by atoms with Gasteiger partial charge in [0.15, 0.2) is 0 Å². The van der Waals surface area contributed by atoms with E-state index in [0.29, 0.717) is 6.61 Å². The zero-order chi connectivity index (χ0) is 44.6. The Morgan fingerprint density at radius 3 is 1.43 bits per heavy atom. The number of rotatable bonds is 47. The van der Waals surface area contributed by atoms with Gasteiger partial charge in [-0.25, -0.2) is 4.57 Å². The van der Waals surface area contributed by atoms with Crippen LogP contribution in [0.5, 0.6) is 0 Å². The summed E-state index contributed by atoms with van der Waals surface area (Å²) in [5, 5.41) is 18.4. The fourth-order valence-electron chi connectivity index (χ4n) is 6.70. The molecule has 0 aliphatic rings. The quantitative estimate of drug-likeness (QED) is 0.0237. The Kier molecular flexibility index (Phi) is 46.2. The van der Waals surface area contributed by atoms with Crippen molar-refractivity contribution in [3.05, 3.63) is 60.8 Å². The van der Waals surface area contributed by atoms with E-state index >= 15 is 0 Å². The van der Waals surface area contributed by atoms with Crippen LogP contribution in [0.25, 0.3) is 0 Å². The highest BCUT2D eigenvalue weighted by atomic mass is 31.2. The van der Waals surface area contributed by atoms with Crippen LogP contribution in [0.1, 0.15) is 213 Å². The lowest BCUT2D eigenvalue weighted by molar-refractivity contribution is -0.154. The molecule has 0 aromatic rings. The fourth-order valence-corrected chi connectivity index (χ4v) is 7.48. The van der Waals surface area contributed by atoms with Crippen LogP contribution in [-0.4, -0.2) is 66.3 Å². The van der Waals surface area contributed by atoms with Gasteiger partial charge in [0, 0.05) is 13.0 Å². The van der Waals surface area contributed by atoms with Gasteiger partial charge in [0.25, 0.3) is 0 Å². The lowest BCUT2D eigenvalue weighted by atomic mass is 10.1. The summed E-state index contributed by atoms with van der Waals surface area (Å²) in [6.07, 6.45) is 56.1. The summed E-state index contributed by atoms with van der Waals surface area (Å²) in [4.78, 5) is 22.7. The Morgan fingerprint density at radius 2 is 0.934 bits per heavy atom. The zero-order valence-electron chi connectivity index (χ0n) is 39.1. The van der Waals surface area contributed by atoms with E-state index in [1.54, 1.807) is 0 Å². The monoisotopic (exact) mass is 881 g/mol. The first-order valence-corrected chi connectivity index (χ1v) is 26.3. The van der Waals surface area contributed by atoms with Crippen molar-refractivity contribution in [2.75, 3.05) is 33.0 Å². The summed E-state index contributed by atoms with van der Waals surface area (Å²) in [6.45, 7) is 3.40. The standard InChI is InChI=1S/C51H93O9P/c1-3-5-7-9-11-13-15-17-19-21-22-23-24-25-26-27-28-30-32-34-36-38-40-42-44-57-47-50(48-59-61(55,56)58-46-49(53)45-52)60-51(54)43-41-39-37-35-33-31-29-20-18-16-14-12-10-8-6-4-2/h5,7,11,13,17,19-20,22-23,29,49-50,52-53H,3-4,6,8-10,12,14-16,18,21,24-28,30-48H2,1-2H3,(H,55,56)/b7-5-,13-11-,19-17-,23-22-,29-20-. The second-order valence-corrected chi connectivity index (χ2v) is 17.9. The lowest BCUT2D eigenvalue weighted by Gasteiger charge is -2.20. The van der Waals surface area contributed by atoms with Crippen LogP contribution >= 0.6 is 7.82 Å². The number of aliphatic hydroxyl groups is 2. The maximum atomic E-state index is 12.7. The zero-order valence-corrected chi connectivity index (χ0v) is 40.0. The molecule has 0 aromatic heterocycles. The predicted molar refractivity (Wildman–Crippen MR) is 256 cm³/mol. The number of allylic oxidation sites excluding steroid dienone is 10. The topological polar surface area (TPSA) is 132 Å². The van der Waals surface area contributed by atoms with Crippen molar-refractivity contribution in [2.24, 2.45) is 0 Å². The minimum Gasteiger partial charge on any atom is -0.457 e. The van der Waals surface area contributed by atoms with Crippen LogP contribution in [0.4, 0.5) is 0 Å². The average molecular weight is 881 g/mol. The van der Waals surface area contributed by atoms with Gasteiger partial charge in [-0.15, -0.1) is 0 Å². The molecule has 0 saturated carbocycles. The largest absolute Gasteiger partial charge is 0.472 e. The van der Waals surface area contributed by atoms with Gasteiger partial charge in [-0.2, -0.15) is 0 Å². The number of phosphoric acid groups is 1. The van der Waals surface area contributed by atoms with Crippen LogP contribution in [0, 0.1) is 0 Å². The Labute approximate surface area is 374 Å². The highest BCUT2D eigenvalue weighted by molar-refractivity contribution is 7.47. The fraction of sp³-hybridized carbons (Fsp3) is 0.784. The molecule has 10 heteroatoms. The van der Waals surface area contributed by atoms with Crippen molar-refractivity contribution in [1.82, 2.24) is 0 Å². The Bertz CT molecular complexity index is 1140. The van der Waals surface area contributed by atoms with Gasteiger partial charge in [-0.1, -0.05) is 190 Å². The van der Waals surface area contributed by atoms with Crippen LogP contribution in [0.3, 0.4) is 0 Å². The molecular weight excluding hydrogens is 788 g/mol. The van der Waals surface area contributed by atoms with E-state index in [0.717, 1.165) is 83.5 Å². The van der Waals surface area contributed by atoms with Gasteiger partial charge in [0.1, 0.15) is 12.2 Å². The molecular formula is C51H93O9P. The Hall–Kier alpha value is -1.84. The second-order valence-electron chi connectivity index (χ2n) is 16.4. The molecule has 0 aromatic carbocycles. The Balaban J connectivity index is 4.08. The number of ether oxygens (including phenoxy) is 2. The molecule has 0 aliphatic heterocycles. The molecule has 0 fully saturated rings. The second kappa shape index (κ2) is 47.6. The number of unbranched alkanes of at least 4 members (excludes halogenated alkanes) is 23. The molecule has 0 bridgehead atoms. The number of hydrogen-bond acceptors (Lipinski definition) is 8. The van der Waals surface area contributed by atoms with E-state index in [9.17, 15) is 19.4 Å². The predicted octanol–water partition coefficient (Wildman–Crippen LogP) is 14.3. The normalized spacial score (nSPS) is 14.4. The van der Waals surface area contributed by atoms with E-state index in [1.807, 2.05) is 0 Å². The molecule has 3 N–H and O–H groups in total. The van der Waals surface area contributed by atoms with Crippen LogP contribution in [0.15, 0.2) is 60.8 Å². The number of phosphoric ester groups is 1. The maximum Gasteiger partial charge on any atom is 0.472 e. The third kappa shape index (κ3) is 47.5. The molecule has 3 unspecified atom stereocenters. The summed E-state index contributed by atoms with van der Waals surface area (Å²) in [5.74, 6) is -0.392. The molecule has 356 valence electrons. The third-order valence-corrected chi connectivity index (χ3v) is 11.4. The molecule has 0 rings (SSSR count). The van der Waals surface area contributed by atoms with E-state index in [2.05, 4.69) is 74.6 Å². The van der Waals surface area contributed by atoms with Gasteiger partial charge in [-0.05, 0) is 77.0 Å². The minimum atomic E-state index is -4.53. The summed E-state index contributed by atoms with van der Waals surface area (Å²) < 4.78 is 33.5. The molecule has 3 atom stereocenters. The number of aliphatic hydroxyl groups excluding tert-OH is 2. The molecule has 0 amide bonds. The highest BCUT2D eigenvalue weighted by Crippen LogP contribution is 2.43. The third-order valence-electron chi connectivity index (χ3n) is 10.4. The minimum absolute atomic E-state index is 0.0426. The van der Waals surface area contributed by atoms with E-state index < -0.39 is 39.2 Å². The van der Waals surface area contributed by atoms with Crippen molar-refractivity contribution in [1.29, 1.82) is 0 Å². The van der Waals surface area contributed by atoms with Gasteiger partial charge in [0.05, 0.1) is 26.4 Å². The number of esters is 1. The summed E-state index contributed by atoms with van der Waals surface area (Å²) >= 11 is 0. The van der Waals surface area contributed by atoms with Crippen molar-refractivity contribution in [3.8, 4) is 0 Å². The smallest absolute Gasteiger partial charge is 0.457 e. The van der Waals surface area contributed by atoms with E-state index in [1.165, 1.54) is 109 Å². The van der Waals surface area contributed by atoms with Crippen LogP contribution < -0.4 is 0 Å². The van der Waals surface area contributed by atoms with Crippen LogP contribution in [0.2, 0.25) is 0 Å². The first-order valence-electron chi connectivity index (χ1n) is 24.8. The van der Waals surface area contributed by atoms with Gasteiger partial charge >= 0.3 is 13.8 Å².